The highest BCUT2D eigenvalue weighted by atomic mass is 15.2. The number of nitrogens with zero attached hydrogens (tertiary/aromatic N) is 5. The highest BCUT2D eigenvalue weighted by molar-refractivity contribution is 5.34. The Labute approximate surface area is 177 Å². The van der Waals surface area contributed by atoms with Gasteiger partial charge in [0.25, 0.3) is 0 Å². The summed E-state index contributed by atoms with van der Waals surface area (Å²) in [5.41, 5.74) is 5.40. The standard InChI is InChI=1S/C14H28N6.C6H15N3/c1-5-9-15-13-17-12(4)18-14(19-13)16-10-8-11-20(6-2)7-3;7-1-4-9-5-2-8-3-6-9/h5-11H2,1-4H3,(H2,15,16,17,18,19);8H,1-7H2. The van der Waals surface area contributed by atoms with Gasteiger partial charge in [0.1, 0.15) is 5.82 Å². The van der Waals surface area contributed by atoms with Crippen LogP contribution in [0.1, 0.15) is 39.4 Å². The van der Waals surface area contributed by atoms with Crippen LogP contribution in [0.3, 0.4) is 0 Å². The van der Waals surface area contributed by atoms with Crippen LogP contribution in [-0.2, 0) is 0 Å². The largest absolute Gasteiger partial charge is 0.354 e. The van der Waals surface area contributed by atoms with E-state index in [1.54, 1.807) is 0 Å². The van der Waals surface area contributed by atoms with Crippen molar-refractivity contribution in [2.24, 2.45) is 5.73 Å². The first kappa shape index (κ1) is 25.5. The van der Waals surface area contributed by atoms with Gasteiger partial charge in [-0.15, -0.1) is 0 Å². The molecule has 168 valence electrons. The molecule has 0 atom stereocenters. The summed E-state index contributed by atoms with van der Waals surface area (Å²) in [6.07, 6.45) is 2.14. The molecule has 0 saturated carbocycles. The van der Waals surface area contributed by atoms with Crippen LogP contribution >= 0.6 is 0 Å². The lowest BCUT2D eigenvalue weighted by Gasteiger charge is -2.26. The van der Waals surface area contributed by atoms with Crippen molar-refractivity contribution in [3.05, 3.63) is 5.82 Å². The number of nitrogens with one attached hydrogen (secondary N) is 3. The van der Waals surface area contributed by atoms with Gasteiger partial charge in [0, 0.05) is 52.4 Å². The third-order valence-corrected chi connectivity index (χ3v) is 4.76. The lowest BCUT2D eigenvalue weighted by Crippen LogP contribution is -2.45. The number of piperazine rings is 1. The maximum Gasteiger partial charge on any atom is 0.227 e. The van der Waals surface area contributed by atoms with Crippen molar-refractivity contribution in [1.29, 1.82) is 0 Å². The Balaban J connectivity index is 0.000000387. The summed E-state index contributed by atoms with van der Waals surface area (Å²) in [7, 11) is 0. The van der Waals surface area contributed by atoms with Crippen molar-refractivity contribution in [2.45, 2.75) is 40.5 Å². The Morgan fingerprint density at radius 3 is 2.17 bits per heavy atom. The van der Waals surface area contributed by atoms with Crippen LogP contribution in [0.2, 0.25) is 0 Å². The first-order valence-corrected chi connectivity index (χ1v) is 11.2. The molecule has 0 radical (unpaired) electrons. The van der Waals surface area contributed by atoms with Crippen LogP contribution in [0.4, 0.5) is 11.9 Å². The highest BCUT2D eigenvalue weighted by Crippen LogP contribution is 2.05. The van der Waals surface area contributed by atoms with Crippen LogP contribution in [0, 0.1) is 6.92 Å². The van der Waals surface area contributed by atoms with E-state index in [1.807, 2.05) is 6.92 Å². The molecule has 5 N–H and O–H groups in total. The minimum absolute atomic E-state index is 0.658. The second kappa shape index (κ2) is 16.3. The second-order valence-corrected chi connectivity index (χ2v) is 7.14. The first-order chi connectivity index (χ1) is 14.1. The molecule has 1 aromatic rings. The normalized spacial score (nSPS) is 14.4. The predicted molar refractivity (Wildman–Crippen MR) is 123 cm³/mol. The molecule has 0 spiro atoms. The maximum atomic E-state index is 5.40. The van der Waals surface area contributed by atoms with E-state index in [4.69, 9.17) is 5.73 Å². The highest BCUT2D eigenvalue weighted by Gasteiger charge is 2.06. The van der Waals surface area contributed by atoms with Gasteiger partial charge < -0.3 is 26.6 Å². The molecule has 0 amide bonds. The van der Waals surface area contributed by atoms with Crippen molar-refractivity contribution < 1.29 is 0 Å². The molecular weight excluding hydrogens is 366 g/mol. The summed E-state index contributed by atoms with van der Waals surface area (Å²) in [5.74, 6) is 2.06. The molecule has 29 heavy (non-hydrogen) atoms. The second-order valence-electron chi connectivity index (χ2n) is 7.14. The van der Waals surface area contributed by atoms with Crippen LogP contribution in [0.15, 0.2) is 0 Å². The van der Waals surface area contributed by atoms with Gasteiger partial charge in [0.05, 0.1) is 0 Å². The minimum Gasteiger partial charge on any atom is -0.354 e. The number of aryl methyl sites for hydroxylation is 1. The van der Waals surface area contributed by atoms with E-state index in [1.165, 1.54) is 0 Å². The van der Waals surface area contributed by atoms with Crippen molar-refractivity contribution in [3.8, 4) is 0 Å². The third kappa shape index (κ3) is 11.9. The molecule has 0 bridgehead atoms. The molecule has 1 saturated heterocycles. The van der Waals surface area contributed by atoms with Crippen LogP contribution in [0.5, 0.6) is 0 Å². The summed E-state index contributed by atoms with van der Waals surface area (Å²) >= 11 is 0. The lowest BCUT2D eigenvalue weighted by atomic mass is 10.3. The average Bonchev–Trinajstić information content (AvgIpc) is 2.73. The SMILES string of the molecule is CCCNc1nc(C)nc(NCCCN(CC)CC)n1.NCCN1CCNCC1. The lowest BCUT2D eigenvalue weighted by molar-refractivity contribution is 0.247. The fourth-order valence-corrected chi connectivity index (χ4v) is 3.04. The van der Waals surface area contributed by atoms with Gasteiger partial charge in [-0.1, -0.05) is 20.8 Å². The molecule has 1 aliphatic rings. The summed E-state index contributed by atoms with van der Waals surface area (Å²) < 4.78 is 0. The molecule has 0 unspecified atom stereocenters. The summed E-state index contributed by atoms with van der Waals surface area (Å²) in [4.78, 5) is 17.8. The smallest absolute Gasteiger partial charge is 0.227 e. The van der Waals surface area contributed by atoms with Crippen molar-refractivity contribution in [3.63, 3.8) is 0 Å². The number of hydrogen-bond donors (Lipinski definition) is 4. The van der Waals surface area contributed by atoms with Gasteiger partial charge in [-0.3, -0.25) is 4.90 Å². The van der Waals surface area contributed by atoms with E-state index in [0.717, 1.165) is 90.7 Å². The molecule has 1 aliphatic heterocycles. The van der Waals surface area contributed by atoms with E-state index in [2.05, 4.69) is 61.5 Å². The van der Waals surface area contributed by atoms with Crippen LogP contribution in [-0.4, -0.2) is 96.7 Å². The summed E-state index contributed by atoms with van der Waals surface area (Å²) in [5, 5.41) is 9.76. The summed E-state index contributed by atoms with van der Waals surface area (Å²) in [6.45, 7) is 19.9. The van der Waals surface area contributed by atoms with Crippen LogP contribution in [0.25, 0.3) is 0 Å². The van der Waals surface area contributed by atoms with E-state index in [9.17, 15) is 0 Å². The van der Waals surface area contributed by atoms with E-state index >= 15 is 0 Å². The Kier molecular flexibility index (Phi) is 14.3. The molecule has 9 nitrogen and oxygen atoms in total. The number of anilines is 2. The molecule has 1 fully saturated rings. The Bertz CT molecular complexity index is 514. The molecule has 9 heteroatoms. The predicted octanol–water partition coefficient (Wildman–Crippen LogP) is 0.996. The fraction of sp³-hybridized carbons (Fsp3) is 0.850. The first-order valence-electron chi connectivity index (χ1n) is 11.2. The molecule has 2 rings (SSSR count). The molecular formula is C20H43N9. The van der Waals surface area contributed by atoms with E-state index in [0.29, 0.717) is 11.9 Å². The zero-order chi connectivity index (χ0) is 21.3. The average molecular weight is 410 g/mol. The van der Waals surface area contributed by atoms with Gasteiger partial charge >= 0.3 is 0 Å². The Morgan fingerprint density at radius 1 is 1.00 bits per heavy atom. The molecule has 1 aromatic heterocycles. The monoisotopic (exact) mass is 409 g/mol. The van der Waals surface area contributed by atoms with E-state index in [-0.39, 0.29) is 0 Å². The van der Waals surface area contributed by atoms with Crippen molar-refractivity contribution in [2.75, 3.05) is 82.6 Å². The van der Waals surface area contributed by atoms with Crippen molar-refractivity contribution in [1.82, 2.24) is 30.1 Å². The van der Waals surface area contributed by atoms with Crippen LogP contribution < -0.4 is 21.7 Å². The molecule has 0 aromatic carbocycles. The van der Waals surface area contributed by atoms with Crippen molar-refractivity contribution >= 4 is 11.9 Å². The summed E-state index contributed by atoms with van der Waals surface area (Å²) in [6, 6.07) is 0. The maximum absolute atomic E-state index is 5.40. The van der Waals surface area contributed by atoms with Gasteiger partial charge in [-0.05, 0) is 39.4 Å². The fourth-order valence-electron chi connectivity index (χ4n) is 3.04. The van der Waals surface area contributed by atoms with Gasteiger partial charge in [0.2, 0.25) is 11.9 Å². The number of aromatic nitrogens is 3. The Morgan fingerprint density at radius 2 is 1.62 bits per heavy atom. The third-order valence-electron chi connectivity index (χ3n) is 4.76. The number of nitrogens with two attached hydrogens (primary N) is 1. The minimum atomic E-state index is 0.658. The molecule has 0 aliphatic carbocycles. The topological polar surface area (TPSA) is 107 Å². The Hall–Kier alpha value is -1.55. The van der Waals surface area contributed by atoms with Gasteiger partial charge in [0.15, 0.2) is 0 Å². The zero-order valence-corrected chi connectivity index (χ0v) is 19.0. The quantitative estimate of drug-likeness (QED) is 0.376. The molecule has 2 heterocycles. The van der Waals surface area contributed by atoms with Gasteiger partial charge in [-0.2, -0.15) is 15.0 Å². The number of hydrogen-bond acceptors (Lipinski definition) is 9. The zero-order valence-electron chi connectivity index (χ0n) is 19.0. The van der Waals surface area contributed by atoms with Gasteiger partial charge in [-0.25, -0.2) is 0 Å². The van der Waals surface area contributed by atoms with E-state index < -0.39 is 0 Å². The number of rotatable bonds is 12.